The number of hydrogen-bond donors (Lipinski definition) is 1. The third kappa shape index (κ3) is 1.82. The molecular formula is C14H17N3. The Morgan fingerprint density at radius 2 is 1.82 bits per heavy atom. The number of benzene rings is 1. The molecule has 0 unspecified atom stereocenters. The molecule has 1 aromatic carbocycles. The van der Waals surface area contributed by atoms with Crippen LogP contribution in [0.5, 0.6) is 0 Å². The topological polar surface area (TPSA) is 42.1 Å². The van der Waals surface area contributed by atoms with Crippen molar-refractivity contribution in [3.63, 3.8) is 0 Å². The summed E-state index contributed by atoms with van der Waals surface area (Å²) in [5.74, 6) is 0. The minimum atomic E-state index is 0.797. The van der Waals surface area contributed by atoms with Crippen LogP contribution in [0, 0.1) is 0 Å². The summed E-state index contributed by atoms with van der Waals surface area (Å²) in [5.41, 5.74) is 9.12. The Bertz CT molecular complexity index is 530. The lowest BCUT2D eigenvalue weighted by molar-refractivity contribution is 0.579. The highest BCUT2D eigenvalue weighted by Crippen LogP contribution is 2.32. The van der Waals surface area contributed by atoms with Gasteiger partial charge in [0.2, 0.25) is 0 Å². The van der Waals surface area contributed by atoms with Crippen LogP contribution in [0.25, 0.3) is 10.9 Å². The number of fused-ring (bicyclic) bond motifs is 1. The normalized spacial score (nSPS) is 16.4. The van der Waals surface area contributed by atoms with Crippen LogP contribution in [0.2, 0.25) is 0 Å². The van der Waals surface area contributed by atoms with E-state index in [1.54, 1.807) is 6.20 Å². The highest BCUT2D eigenvalue weighted by atomic mass is 15.1. The first-order chi connectivity index (χ1) is 8.36. The van der Waals surface area contributed by atoms with Gasteiger partial charge in [-0.1, -0.05) is 18.2 Å². The molecule has 88 valence electrons. The van der Waals surface area contributed by atoms with E-state index in [9.17, 15) is 0 Å². The maximum atomic E-state index is 6.11. The van der Waals surface area contributed by atoms with E-state index in [1.165, 1.54) is 30.3 Å². The number of anilines is 2. The highest BCUT2D eigenvalue weighted by molar-refractivity contribution is 5.97. The van der Waals surface area contributed by atoms with E-state index in [4.69, 9.17) is 5.73 Å². The number of nitrogen functional groups attached to an aromatic ring is 1. The van der Waals surface area contributed by atoms with Gasteiger partial charge in [0.1, 0.15) is 0 Å². The summed E-state index contributed by atoms with van der Waals surface area (Å²) in [7, 11) is 0. The molecule has 1 aliphatic rings. The summed E-state index contributed by atoms with van der Waals surface area (Å²) in [6, 6.07) is 8.23. The lowest BCUT2D eigenvalue weighted by atomic mass is 10.1. The van der Waals surface area contributed by atoms with Crippen molar-refractivity contribution >= 4 is 22.3 Å². The zero-order valence-corrected chi connectivity index (χ0v) is 9.89. The van der Waals surface area contributed by atoms with Crippen molar-refractivity contribution in [1.82, 2.24) is 4.98 Å². The van der Waals surface area contributed by atoms with Crippen molar-refractivity contribution in [3.8, 4) is 0 Å². The maximum absolute atomic E-state index is 6.11. The molecule has 1 aromatic heterocycles. The predicted molar refractivity (Wildman–Crippen MR) is 72.2 cm³/mol. The van der Waals surface area contributed by atoms with Crippen molar-refractivity contribution < 1.29 is 0 Å². The standard InChI is InChI=1S/C14H17N3/c15-12-10-16-13-7-3-2-6-11(13)14(12)17-8-4-1-5-9-17/h2-3,6-7,10H,1,4-5,8-9,15H2. The Hall–Kier alpha value is -1.77. The second kappa shape index (κ2) is 4.24. The van der Waals surface area contributed by atoms with E-state index in [1.807, 2.05) is 12.1 Å². The Kier molecular flexibility index (Phi) is 2.59. The number of pyridine rings is 1. The van der Waals surface area contributed by atoms with Gasteiger partial charge >= 0.3 is 0 Å². The summed E-state index contributed by atoms with van der Waals surface area (Å²) in [4.78, 5) is 6.79. The number of aromatic nitrogens is 1. The van der Waals surface area contributed by atoms with Gasteiger partial charge < -0.3 is 10.6 Å². The maximum Gasteiger partial charge on any atom is 0.0745 e. The van der Waals surface area contributed by atoms with Crippen LogP contribution in [0.4, 0.5) is 11.4 Å². The number of nitrogens with zero attached hydrogens (tertiary/aromatic N) is 2. The molecule has 0 aliphatic carbocycles. The predicted octanol–water partition coefficient (Wildman–Crippen LogP) is 2.81. The molecule has 0 bridgehead atoms. The van der Waals surface area contributed by atoms with Crippen LogP contribution in [0.3, 0.4) is 0 Å². The fraction of sp³-hybridized carbons (Fsp3) is 0.357. The fourth-order valence-corrected chi connectivity index (χ4v) is 2.61. The van der Waals surface area contributed by atoms with Gasteiger partial charge in [0, 0.05) is 18.5 Å². The van der Waals surface area contributed by atoms with Gasteiger partial charge in [0.15, 0.2) is 0 Å². The molecule has 3 rings (SSSR count). The fourth-order valence-electron chi connectivity index (χ4n) is 2.61. The average molecular weight is 227 g/mol. The molecule has 3 nitrogen and oxygen atoms in total. The average Bonchev–Trinajstić information content (AvgIpc) is 2.39. The van der Waals surface area contributed by atoms with E-state index in [-0.39, 0.29) is 0 Å². The Morgan fingerprint density at radius 1 is 1.06 bits per heavy atom. The van der Waals surface area contributed by atoms with Gasteiger partial charge in [-0.2, -0.15) is 0 Å². The van der Waals surface area contributed by atoms with Crippen molar-refractivity contribution in [1.29, 1.82) is 0 Å². The molecule has 0 spiro atoms. The zero-order chi connectivity index (χ0) is 11.7. The molecule has 0 amide bonds. The molecule has 0 atom stereocenters. The smallest absolute Gasteiger partial charge is 0.0745 e. The van der Waals surface area contributed by atoms with E-state index in [0.29, 0.717) is 0 Å². The first kappa shape index (κ1) is 10.4. The van der Waals surface area contributed by atoms with Gasteiger partial charge in [-0.15, -0.1) is 0 Å². The van der Waals surface area contributed by atoms with Gasteiger partial charge in [-0.05, 0) is 25.3 Å². The molecule has 1 saturated heterocycles. The Labute approximate surface area is 101 Å². The van der Waals surface area contributed by atoms with Crippen LogP contribution >= 0.6 is 0 Å². The Morgan fingerprint density at radius 3 is 2.65 bits per heavy atom. The summed E-state index contributed by atoms with van der Waals surface area (Å²) in [6.45, 7) is 2.22. The highest BCUT2D eigenvalue weighted by Gasteiger charge is 2.16. The Balaban J connectivity index is 2.15. The van der Waals surface area contributed by atoms with Crippen molar-refractivity contribution in [2.75, 3.05) is 23.7 Å². The summed E-state index contributed by atoms with van der Waals surface area (Å²) >= 11 is 0. The molecular weight excluding hydrogens is 210 g/mol. The molecule has 2 N–H and O–H groups in total. The number of hydrogen-bond acceptors (Lipinski definition) is 3. The monoisotopic (exact) mass is 227 g/mol. The quantitative estimate of drug-likeness (QED) is 0.814. The van der Waals surface area contributed by atoms with Crippen LogP contribution in [0.15, 0.2) is 30.5 Å². The lowest BCUT2D eigenvalue weighted by Crippen LogP contribution is -2.30. The molecule has 0 saturated carbocycles. The first-order valence-electron chi connectivity index (χ1n) is 6.24. The molecule has 2 aromatic rings. The zero-order valence-electron chi connectivity index (χ0n) is 9.89. The van der Waals surface area contributed by atoms with Crippen molar-refractivity contribution in [3.05, 3.63) is 30.5 Å². The van der Waals surface area contributed by atoms with Gasteiger partial charge in [-0.3, -0.25) is 4.98 Å². The minimum Gasteiger partial charge on any atom is -0.396 e. The first-order valence-corrected chi connectivity index (χ1v) is 6.24. The van der Waals surface area contributed by atoms with Gasteiger partial charge in [-0.25, -0.2) is 0 Å². The molecule has 2 heterocycles. The SMILES string of the molecule is Nc1cnc2ccccc2c1N1CCCCC1. The lowest BCUT2D eigenvalue weighted by Gasteiger charge is -2.30. The molecule has 17 heavy (non-hydrogen) atoms. The second-order valence-corrected chi connectivity index (χ2v) is 4.63. The van der Waals surface area contributed by atoms with Crippen molar-refractivity contribution in [2.45, 2.75) is 19.3 Å². The molecule has 0 radical (unpaired) electrons. The second-order valence-electron chi connectivity index (χ2n) is 4.63. The number of piperidine rings is 1. The molecule has 1 aliphatic heterocycles. The van der Waals surface area contributed by atoms with Crippen LogP contribution in [0.1, 0.15) is 19.3 Å². The number of nitrogens with two attached hydrogens (primary N) is 1. The minimum absolute atomic E-state index is 0.797. The number of para-hydroxylation sites is 1. The largest absolute Gasteiger partial charge is 0.396 e. The summed E-state index contributed by atoms with van der Waals surface area (Å²) < 4.78 is 0. The third-order valence-electron chi connectivity index (χ3n) is 3.45. The van der Waals surface area contributed by atoms with Crippen molar-refractivity contribution in [2.24, 2.45) is 0 Å². The van der Waals surface area contributed by atoms with Gasteiger partial charge in [0.25, 0.3) is 0 Å². The summed E-state index contributed by atoms with van der Waals surface area (Å²) in [6.07, 6.45) is 5.64. The summed E-state index contributed by atoms with van der Waals surface area (Å²) in [5, 5.41) is 1.18. The molecule has 1 fully saturated rings. The van der Waals surface area contributed by atoms with E-state index < -0.39 is 0 Å². The van der Waals surface area contributed by atoms with E-state index in [2.05, 4.69) is 22.0 Å². The number of rotatable bonds is 1. The third-order valence-corrected chi connectivity index (χ3v) is 3.45. The van der Waals surface area contributed by atoms with Crippen LogP contribution in [-0.4, -0.2) is 18.1 Å². The van der Waals surface area contributed by atoms with E-state index in [0.717, 1.165) is 24.3 Å². The van der Waals surface area contributed by atoms with E-state index >= 15 is 0 Å². The van der Waals surface area contributed by atoms with Crippen LogP contribution < -0.4 is 10.6 Å². The molecule has 3 heteroatoms. The van der Waals surface area contributed by atoms with Crippen LogP contribution in [-0.2, 0) is 0 Å². The van der Waals surface area contributed by atoms with Gasteiger partial charge in [0.05, 0.1) is 23.1 Å².